The van der Waals surface area contributed by atoms with Crippen molar-refractivity contribution < 1.29 is 18.0 Å². The second-order valence-electron chi connectivity index (χ2n) is 8.11. The van der Waals surface area contributed by atoms with Gasteiger partial charge in [0, 0.05) is 11.9 Å². The standard InChI is InChI=1S/C22H22F3N3O2S2/c1-11(2)17(18(29)26-14-9-5-4-8-13(14)22(23,24)25)32-21-27-19-16(20(30)28(21)3)12-7-6-10-15(12)31-19/h4-5,8-9,11,17H,6-7,10H2,1-3H3,(H,26,29). The number of nitrogens with zero attached hydrogens (tertiary/aromatic N) is 2. The van der Waals surface area contributed by atoms with Gasteiger partial charge in [-0.2, -0.15) is 13.2 Å². The van der Waals surface area contributed by atoms with Crippen LogP contribution in [0.4, 0.5) is 18.9 Å². The Labute approximate surface area is 191 Å². The van der Waals surface area contributed by atoms with E-state index < -0.39 is 22.9 Å². The van der Waals surface area contributed by atoms with Crippen molar-refractivity contribution in [2.24, 2.45) is 13.0 Å². The van der Waals surface area contributed by atoms with Crippen LogP contribution in [0.5, 0.6) is 0 Å². The second-order valence-corrected chi connectivity index (χ2v) is 10.3. The fourth-order valence-electron chi connectivity index (χ4n) is 3.86. The van der Waals surface area contributed by atoms with E-state index in [9.17, 15) is 22.8 Å². The molecule has 2 heterocycles. The molecule has 1 atom stereocenters. The lowest BCUT2D eigenvalue weighted by Gasteiger charge is -2.21. The van der Waals surface area contributed by atoms with Crippen LogP contribution in [0, 0.1) is 5.92 Å². The number of rotatable bonds is 5. The highest BCUT2D eigenvalue weighted by molar-refractivity contribution is 8.00. The van der Waals surface area contributed by atoms with Gasteiger partial charge in [0.2, 0.25) is 5.91 Å². The van der Waals surface area contributed by atoms with Gasteiger partial charge >= 0.3 is 6.18 Å². The van der Waals surface area contributed by atoms with Gasteiger partial charge in [0.05, 0.1) is 21.9 Å². The monoisotopic (exact) mass is 481 g/mol. The largest absolute Gasteiger partial charge is 0.418 e. The summed E-state index contributed by atoms with van der Waals surface area (Å²) in [4.78, 5) is 32.5. The molecule has 32 heavy (non-hydrogen) atoms. The number of aromatic nitrogens is 2. The first kappa shape index (κ1) is 22.8. The van der Waals surface area contributed by atoms with Gasteiger partial charge in [-0.3, -0.25) is 14.2 Å². The molecule has 1 amide bonds. The minimum Gasteiger partial charge on any atom is -0.325 e. The highest BCUT2D eigenvalue weighted by atomic mass is 32.2. The SMILES string of the molecule is CC(C)C(Sc1nc2sc3c(c2c(=O)n1C)CCC3)C(=O)Nc1ccccc1C(F)(F)F. The number of para-hydroxylation sites is 1. The Morgan fingerprint density at radius 1 is 1.25 bits per heavy atom. The van der Waals surface area contributed by atoms with E-state index in [1.807, 2.05) is 13.8 Å². The summed E-state index contributed by atoms with van der Waals surface area (Å²) in [6, 6.07) is 4.89. The molecule has 4 rings (SSSR count). The summed E-state index contributed by atoms with van der Waals surface area (Å²) >= 11 is 2.61. The lowest BCUT2D eigenvalue weighted by Crippen LogP contribution is -2.31. The van der Waals surface area contributed by atoms with Gasteiger partial charge in [-0.05, 0) is 42.9 Å². The molecule has 1 aromatic carbocycles. The van der Waals surface area contributed by atoms with Crippen molar-refractivity contribution in [3.8, 4) is 0 Å². The molecule has 170 valence electrons. The Kier molecular flexibility index (Phi) is 6.10. The summed E-state index contributed by atoms with van der Waals surface area (Å²) < 4.78 is 41.4. The average Bonchev–Trinajstić information content (AvgIpc) is 3.29. The summed E-state index contributed by atoms with van der Waals surface area (Å²) in [6.45, 7) is 3.62. The predicted molar refractivity (Wildman–Crippen MR) is 121 cm³/mol. The van der Waals surface area contributed by atoms with Crippen molar-refractivity contribution in [2.45, 2.75) is 49.7 Å². The molecule has 3 aromatic rings. The van der Waals surface area contributed by atoms with Crippen LogP contribution in [0.2, 0.25) is 0 Å². The molecule has 1 N–H and O–H groups in total. The first-order chi connectivity index (χ1) is 15.1. The minimum atomic E-state index is -4.58. The number of carbonyl (C=O) groups is 1. The van der Waals surface area contributed by atoms with Gasteiger partial charge in [-0.15, -0.1) is 11.3 Å². The van der Waals surface area contributed by atoms with Crippen molar-refractivity contribution in [1.82, 2.24) is 9.55 Å². The van der Waals surface area contributed by atoms with Crippen LogP contribution < -0.4 is 10.9 Å². The molecule has 1 aliphatic carbocycles. The second kappa shape index (κ2) is 8.55. The average molecular weight is 482 g/mol. The summed E-state index contributed by atoms with van der Waals surface area (Å²) in [6.07, 6.45) is -1.74. The number of anilines is 1. The Morgan fingerprint density at radius 2 is 1.97 bits per heavy atom. The number of thioether (sulfide) groups is 1. The van der Waals surface area contributed by atoms with Crippen LogP contribution in [-0.4, -0.2) is 20.7 Å². The van der Waals surface area contributed by atoms with Gasteiger partial charge in [0.1, 0.15) is 4.83 Å². The highest BCUT2D eigenvalue weighted by Crippen LogP contribution is 2.38. The van der Waals surface area contributed by atoms with Crippen LogP contribution in [0.15, 0.2) is 34.2 Å². The van der Waals surface area contributed by atoms with E-state index in [0.717, 1.165) is 42.7 Å². The van der Waals surface area contributed by atoms with Crippen LogP contribution in [0.25, 0.3) is 10.2 Å². The predicted octanol–water partition coefficient (Wildman–Crippen LogP) is 5.26. The molecule has 0 aliphatic heterocycles. The molecule has 2 aromatic heterocycles. The topological polar surface area (TPSA) is 64.0 Å². The number of halogens is 3. The van der Waals surface area contributed by atoms with Crippen LogP contribution in [-0.2, 0) is 30.9 Å². The number of thiophene rings is 1. The Balaban J connectivity index is 1.65. The van der Waals surface area contributed by atoms with Crippen molar-refractivity contribution in [3.63, 3.8) is 0 Å². The summed E-state index contributed by atoms with van der Waals surface area (Å²) in [5.41, 5.74) is -0.261. The summed E-state index contributed by atoms with van der Waals surface area (Å²) in [5.74, 6) is -0.774. The quantitative estimate of drug-likeness (QED) is 0.399. The molecular formula is C22H22F3N3O2S2. The van der Waals surface area contributed by atoms with E-state index in [1.165, 1.54) is 39.0 Å². The number of fused-ring (bicyclic) bond motifs is 3. The zero-order valence-electron chi connectivity index (χ0n) is 17.7. The first-order valence-electron chi connectivity index (χ1n) is 10.2. The fourth-order valence-corrected chi connectivity index (χ4v) is 6.22. The van der Waals surface area contributed by atoms with Gasteiger partial charge in [-0.1, -0.05) is 37.7 Å². The van der Waals surface area contributed by atoms with E-state index in [4.69, 9.17) is 0 Å². The molecule has 1 aliphatic rings. The number of nitrogens with one attached hydrogen (secondary N) is 1. The zero-order valence-corrected chi connectivity index (χ0v) is 19.4. The summed E-state index contributed by atoms with van der Waals surface area (Å²) in [7, 11) is 1.62. The van der Waals surface area contributed by atoms with Gasteiger partial charge in [0.15, 0.2) is 5.16 Å². The molecule has 0 bridgehead atoms. The molecule has 1 unspecified atom stereocenters. The Hall–Kier alpha value is -2.33. The number of hydrogen-bond acceptors (Lipinski definition) is 5. The van der Waals surface area contributed by atoms with E-state index in [0.29, 0.717) is 15.4 Å². The van der Waals surface area contributed by atoms with Crippen LogP contribution in [0.3, 0.4) is 0 Å². The third-order valence-corrected chi connectivity index (χ3v) is 8.27. The van der Waals surface area contributed by atoms with E-state index in [1.54, 1.807) is 7.05 Å². The lowest BCUT2D eigenvalue weighted by atomic mass is 10.1. The van der Waals surface area contributed by atoms with Crippen molar-refractivity contribution in [2.75, 3.05) is 5.32 Å². The third kappa shape index (κ3) is 4.17. The minimum absolute atomic E-state index is 0.151. The third-order valence-electron chi connectivity index (χ3n) is 5.49. The van der Waals surface area contributed by atoms with Gasteiger partial charge < -0.3 is 5.32 Å². The zero-order chi connectivity index (χ0) is 23.2. The van der Waals surface area contributed by atoms with Crippen molar-refractivity contribution >= 4 is 44.9 Å². The molecule has 0 saturated carbocycles. The smallest absolute Gasteiger partial charge is 0.325 e. The summed E-state index contributed by atoms with van der Waals surface area (Å²) in [5, 5.41) is 2.72. The molecule has 0 fully saturated rings. The Morgan fingerprint density at radius 3 is 2.66 bits per heavy atom. The fraction of sp³-hybridized carbons (Fsp3) is 0.409. The number of benzene rings is 1. The highest BCUT2D eigenvalue weighted by Gasteiger charge is 2.35. The molecule has 0 spiro atoms. The molecular weight excluding hydrogens is 459 g/mol. The Bertz CT molecular complexity index is 1250. The lowest BCUT2D eigenvalue weighted by molar-refractivity contribution is -0.137. The van der Waals surface area contributed by atoms with Crippen molar-refractivity contribution in [3.05, 3.63) is 50.6 Å². The first-order valence-corrected chi connectivity index (χ1v) is 11.9. The van der Waals surface area contributed by atoms with E-state index >= 15 is 0 Å². The number of aryl methyl sites for hydroxylation is 2. The van der Waals surface area contributed by atoms with E-state index in [-0.39, 0.29) is 17.2 Å². The molecule has 10 heteroatoms. The number of hydrogen-bond donors (Lipinski definition) is 1. The maximum absolute atomic E-state index is 13.3. The maximum Gasteiger partial charge on any atom is 0.418 e. The maximum atomic E-state index is 13.3. The molecule has 5 nitrogen and oxygen atoms in total. The van der Waals surface area contributed by atoms with E-state index in [2.05, 4.69) is 10.3 Å². The van der Waals surface area contributed by atoms with Gasteiger partial charge in [0.25, 0.3) is 5.56 Å². The van der Waals surface area contributed by atoms with Crippen LogP contribution in [0.1, 0.15) is 36.3 Å². The number of amides is 1. The van der Waals surface area contributed by atoms with Crippen LogP contribution >= 0.6 is 23.1 Å². The number of carbonyl (C=O) groups excluding carboxylic acids is 1. The van der Waals surface area contributed by atoms with Gasteiger partial charge in [-0.25, -0.2) is 4.98 Å². The number of alkyl halides is 3. The molecule has 0 radical (unpaired) electrons. The van der Waals surface area contributed by atoms with Crippen molar-refractivity contribution in [1.29, 1.82) is 0 Å². The molecule has 0 saturated heterocycles. The normalized spacial score (nSPS) is 14.7.